The van der Waals surface area contributed by atoms with E-state index < -0.39 is 0 Å². The second-order valence-electron chi connectivity index (χ2n) is 32.3. The van der Waals surface area contributed by atoms with Crippen molar-refractivity contribution in [3.05, 3.63) is 351 Å². The number of nitrogens with two attached hydrogens (primary N) is 2. The fourth-order valence-corrected chi connectivity index (χ4v) is 16.9. The van der Waals surface area contributed by atoms with E-state index in [1.807, 2.05) is 248 Å². The predicted molar refractivity (Wildman–Crippen MR) is 531 cm³/mol. The maximum Gasteiger partial charge on any atom is 0.246 e. The first-order valence-electron chi connectivity index (χ1n) is 44.3. The average molecular weight is 1850 g/mol. The number of anilines is 5. The number of aryl methyl sites for hydroxylation is 2. The van der Waals surface area contributed by atoms with Crippen molar-refractivity contribution in [2.75, 3.05) is 61.4 Å². The van der Waals surface area contributed by atoms with Crippen molar-refractivity contribution in [3.63, 3.8) is 0 Å². The fourth-order valence-electron chi connectivity index (χ4n) is 16.3. The number of furan rings is 1. The third kappa shape index (κ3) is 22.6. The summed E-state index contributed by atoms with van der Waals surface area (Å²) in [6.45, 7) is 22.5. The highest BCUT2D eigenvalue weighted by molar-refractivity contribution is 6.35. The highest BCUT2D eigenvalue weighted by Crippen LogP contribution is 2.46. The molecule has 3 atom stereocenters. The number of para-hydroxylation sites is 3. The first kappa shape index (κ1) is 92.8. The molecular formula is C106H98Cl2N18O10. The number of hydrogen-bond acceptors (Lipinski definition) is 22. The number of benzene rings is 9. The molecule has 136 heavy (non-hydrogen) atoms. The van der Waals surface area contributed by atoms with Crippen LogP contribution < -0.4 is 51.1 Å². The molecule has 7 N–H and O–H groups in total. The van der Waals surface area contributed by atoms with E-state index in [-0.39, 0.29) is 41.6 Å². The largest absolute Gasteiger partial charge is 0.457 e. The summed E-state index contributed by atoms with van der Waals surface area (Å²) in [5.41, 5.74) is 23.9. The van der Waals surface area contributed by atoms with Gasteiger partial charge in [0.25, 0.3) is 0 Å². The van der Waals surface area contributed by atoms with Crippen molar-refractivity contribution in [1.29, 1.82) is 0 Å². The van der Waals surface area contributed by atoms with Crippen LogP contribution in [0.1, 0.15) is 72.9 Å². The number of nitrogens with zero attached hydrogens (tertiary/aromatic N) is 13. The number of halogens is 2. The zero-order chi connectivity index (χ0) is 94.6. The Hall–Kier alpha value is -16.5. The van der Waals surface area contributed by atoms with Crippen molar-refractivity contribution >= 4 is 103 Å². The summed E-state index contributed by atoms with van der Waals surface area (Å²) in [7, 11) is 0. The maximum absolute atomic E-state index is 12.3. The summed E-state index contributed by atoms with van der Waals surface area (Å²) >= 11 is 13.4. The maximum atomic E-state index is 12.3. The minimum Gasteiger partial charge on any atom is -0.457 e. The van der Waals surface area contributed by atoms with E-state index >= 15 is 0 Å². The van der Waals surface area contributed by atoms with Gasteiger partial charge in [0.15, 0.2) is 22.8 Å². The highest BCUT2D eigenvalue weighted by Gasteiger charge is 2.33. The Morgan fingerprint density at radius 3 is 1.70 bits per heavy atom. The van der Waals surface area contributed by atoms with Gasteiger partial charge in [-0.3, -0.25) is 24.2 Å². The molecule has 3 saturated heterocycles. The Morgan fingerprint density at radius 1 is 0.493 bits per heavy atom. The van der Waals surface area contributed by atoms with E-state index in [0.29, 0.717) is 117 Å². The first-order chi connectivity index (χ1) is 66.3. The Bertz CT molecular complexity index is 6990. The van der Waals surface area contributed by atoms with E-state index in [1.165, 1.54) is 43.3 Å². The molecule has 686 valence electrons. The van der Waals surface area contributed by atoms with Gasteiger partial charge in [-0.2, -0.15) is 10.2 Å². The molecule has 30 heteroatoms. The molecule has 3 fully saturated rings. The number of amides is 4. The second-order valence-corrected chi connectivity index (χ2v) is 33.1. The van der Waals surface area contributed by atoms with Crippen LogP contribution in [-0.2, 0) is 25.7 Å². The molecule has 10 heterocycles. The summed E-state index contributed by atoms with van der Waals surface area (Å²) < 4.78 is 39.6. The van der Waals surface area contributed by atoms with E-state index in [1.54, 1.807) is 38.8 Å². The van der Waals surface area contributed by atoms with Gasteiger partial charge in [0.2, 0.25) is 23.6 Å². The summed E-state index contributed by atoms with van der Waals surface area (Å²) in [6, 6.07) is 74.7. The van der Waals surface area contributed by atoms with Gasteiger partial charge in [0, 0.05) is 97.9 Å². The second kappa shape index (κ2) is 43.7. The third-order valence-electron chi connectivity index (χ3n) is 23.1. The minimum atomic E-state index is -0.218. The SMILES string of the molecule is C=CC(=O)N1CCCC(c2c(Cl)c(-c3ccc(Oc4ccc(C)c(Cl)c4)c(C)c3)c3c(N)ncnn23)C1.C=CC(=O)N1CCC[C@@H](Nc2ncnc(N)c2-c2ccc(Oc3ccccc3)cc2)C1.C=CC(=O)N1CCC[C@@H](n2ncc3c(Nc4ccc(Oc5ccccc5)cc4)ncnc32)C1.C=CC(=O)NCc1cccc(-c2cc3nccc(Oc4ccc(Oc5ccccc5)cc4)c3o2)c1. The van der Waals surface area contributed by atoms with E-state index in [0.717, 1.165) is 147 Å². The molecule has 3 aliphatic rings. The van der Waals surface area contributed by atoms with Gasteiger partial charge in [-0.15, -0.1) is 0 Å². The van der Waals surface area contributed by atoms with Crippen LogP contribution in [0.4, 0.5) is 29.0 Å². The summed E-state index contributed by atoms with van der Waals surface area (Å²) in [6.07, 6.45) is 18.6. The number of aromatic nitrogens is 10. The number of hydrogen-bond donors (Lipinski definition) is 5. The molecule has 0 radical (unpaired) electrons. The van der Waals surface area contributed by atoms with Crippen LogP contribution in [0.5, 0.6) is 57.5 Å². The monoisotopic (exact) mass is 1850 g/mol. The molecule has 9 aromatic carbocycles. The zero-order valence-electron chi connectivity index (χ0n) is 74.8. The Morgan fingerprint density at radius 2 is 1.06 bits per heavy atom. The van der Waals surface area contributed by atoms with Gasteiger partial charge in [-0.1, -0.05) is 147 Å². The molecule has 0 aliphatic carbocycles. The van der Waals surface area contributed by atoms with Gasteiger partial charge in [-0.05, 0) is 232 Å². The zero-order valence-corrected chi connectivity index (χ0v) is 76.3. The standard InChI is InChI=1S/C29H22N2O4.C28H27Cl2N5O2.C25H24N6O2.C24H25N5O2/c1-2-28(32)31-19-20-7-6-8-21(17-20)27-18-25-29(35-27)26(15-16-30-25)34-24-13-11-23(12-14-24)33-22-9-4-3-5-10-22;1-4-23(36)34-11-5-6-19(14-34)26-25(30)24(27-28(31)32-15-33-35(26)27)18-8-10-22(17(3)12-18)37-20-9-7-16(2)21(29)13-20;1-2-23(32)30-14-6-7-19(16-30)31-25-22(15-28-31)24(26-17-27-25)29-18-10-12-21(13-11-18)33-20-8-4-3-5-9-20;1-2-21(30)29-14-6-7-18(15-29)28-24-22(23(25)26-16-27-24)17-10-12-20(13-11-17)31-19-8-4-3-5-9-19/h2-18H,1,19H2,(H,31,32);4,7-10,12-13,15,19H,1,5-6,11,14H2,2-3H3,(H2,31,32,33);2-5,8-13,15,17,19H,1,6-7,14,16H2,(H,26,27,29);2-5,8-13,16,18H,1,6-7,14-15H2,(H3,25,26,27,28)/t;;19-;18-/m..11/s1. The van der Waals surface area contributed by atoms with Crippen LogP contribution in [0.15, 0.2) is 323 Å². The van der Waals surface area contributed by atoms with E-state index in [9.17, 15) is 19.2 Å². The van der Waals surface area contributed by atoms with Crippen LogP contribution in [0, 0.1) is 13.8 Å². The molecule has 3 aliphatic heterocycles. The molecule has 0 spiro atoms. The number of ether oxygens (including phenoxy) is 5. The quantitative estimate of drug-likeness (QED) is 0.0332. The van der Waals surface area contributed by atoms with Crippen LogP contribution in [0.3, 0.4) is 0 Å². The van der Waals surface area contributed by atoms with Gasteiger partial charge in [0.1, 0.15) is 105 Å². The summed E-state index contributed by atoms with van der Waals surface area (Å²) in [4.78, 5) is 79.4. The predicted octanol–water partition coefficient (Wildman–Crippen LogP) is 22.3. The fraction of sp³-hybridized carbons (Fsp3) is 0.170. The molecule has 0 saturated carbocycles. The van der Waals surface area contributed by atoms with Gasteiger partial charge >= 0.3 is 0 Å². The Kier molecular flexibility index (Phi) is 29.8. The summed E-state index contributed by atoms with van der Waals surface area (Å²) in [5, 5.41) is 20.7. The number of nitrogen functional groups attached to an aromatic ring is 2. The number of pyridine rings is 1. The molecule has 1 unspecified atom stereocenters. The highest BCUT2D eigenvalue weighted by atomic mass is 35.5. The number of carbonyl (C=O) groups is 4. The molecule has 19 rings (SSSR count). The number of rotatable bonds is 25. The smallest absolute Gasteiger partial charge is 0.246 e. The van der Waals surface area contributed by atoms with Crippen LogP contribution in [0.2, 0.25) is 10.0 Å². The number of fused-ring (bicyclic) bond motifs is 3. The Balaban J connectivity index is 0.000000132. The topological polar surface area (TPSA) is 338 Å². The van der Waals surface area contributed by atoms with Crippen LogP contribution >= 0.6 is 23.2 Å². The number of nitrogens with one attached hydrogen (secondary N) is 3. The molecular weight excluding hydrogens is 1760 g/mol. The third-order valence-corrected chi connectivity index (χ3v) is 23.9. The first-order valence-corrected chi connectivity index (χ1v) is 45.0. The number of likely N-dealkylation sites (tertiary alicyclic amines) is 3. The van der Waals surface area contributed by atoms with Crippen LogP contribution in [-0.4, -0.2) is 133 Å². The van der Waals surface area contributed by atoms with Crippen molar-refractivity contribution in [1.82, 2.24) is 69.3 Å². The number of carbonyl (C=O) groups excluding carboxylic acids is 4. The Labute approximate surface area is 795 Å². The van der Waals surface area contributed by atoms with Crippen molar-refractivity contribution in [3.8, 4) is 91.1 Å². The lowest BCUT2D eigenvalue weighted by molar-refractivity contribution is -0.128. The lowest BCUT2D eigenvalue weighted by Gasteiger charge is -2.33. The molecule has 28 nitrogen and oxygen atoms in total. The lowest BCUT2D eigenvalue weighted by Crippen LogP contribution is -2.44. The van der Waals surface area contributed by atoms with E-state index in [4.69, 9.17) is 62.8 Å². The van der Waals surface area contributed by atoms with Crippen molar-refractivity contribution in [2.24, 2.45) is 0 Å². The summed E-state index contributed by atoms with van der Waals surface area (Å²) in [5.74, 6) is 9.42. The number of piperidine rings is 3. The minimum absolute atomic E-state index is 0.00399. The van der Waals surface area contributed by atoms with E-state index in [2.05, 4.69) is 82.4 Å². The van der Waals surface area contributed by atoms with Gasteiger partial charge in [0.05, 0.1) is 33.9 Å². The average Bonchev–Trinajstić information content (AvgIpc) is 1.58. The van der Waals surface area contributed by atoms with Crippen molar-refractivity contribution < 1.29 is 47.3 Å². The molecule has 0 bridgehead atoms. The normalized spacial score (nSPS) is 14.5. The van der Waals surface area contributed by atoms with Crippen molar-refractivity contribution in [2.45, 2.75) is 76.9 Å². The van der Waals surface area contributed by atoms with Crippen LogP contribution in [0.25, 0.3) is 61.2 Å². The molecule has 16 aromatic rings. The molecule has 7 aromatic heterocycles. The lowest BCUT2D eigenvalue weighted by atomic mass is 9.93. The van der Waals surface area contributed by atoms with Gasteiger partial charge < -0.3 is 70.2 Å². The van der Waals surface area contributed by atoms with Gasteiger partial charge in [-0.25, -0.2) is 34.1 Å². The molecule has 4 amide bonds.